The summed E-state index contributed by atoms with van der Waals surface area (Å²) in [7, 11) is 1.55. The van der Waals surface area contributed by atoms with Crippen LogP contribution in [-0.2, 0) is 4.74 Å². The van der Waals surface area contributed by atoms with Gasteiger partial charge in [-0.1, -0.05) is 0 Å². The van der Waals surface area contributed by atoms with E-state index in [0.717, 1.165) is 0 Å². The molecular formula is C4H12NO2+. The Bertz CT molecular complexity index is 40.7. The molecule has 0 saturated carbocycles. The van der Waals surface area contributed by atoms with Gasteiger partial charge in [0.25, 0.3) is 0 Å². The number of rotatable bonds is 3. The highest BCUT2D eigenvalue weighted by Crippen LogP contribution is 1.74. The van der Waals surface area contributed by atoms with Crippen molar-refractivity contribution in [3.63, 3.8) is 0 Å². The minimum Gasteiger partial charge on any atom is -0.385 e. The van der Waals surface area contributed by atoms with Crippen molar-refractivity contribution in [2.24, 2.45) is 0 Å². The highest BCUT2D eigenvalue weighted by Gasteiger charge is 1.98. The average Bonchev–Trinajstić information content (AvgIpc) is 1.68. The third kappa shape index (κ3) is 3.72. The van der Waals surface area contributed by atoms with Crippen molar-refractivity contribution in [3.05, 3.63) is 0 Å². The molecule has 0 amide bonds. The second-order valence-corrected chi connectivity index (χ2v) is 1.40. The van der Waals surface area contributed by atoms with Gasteiger partial charge in [0.15, 0.2) is 0 Å². The molecule has 0 heterocycles. The van der Waals surface area contributed by atoms with E-state index in [1.165, 1.54) is 0 Å². The van der Waals surface area contributed by atoms with E-state index in [2.05, 4.69) is 10.5 Å². The van der Waals surface area contributed by atoms with Crippen LogP contribution in [-0.4, -0.2) is 31.5 Å². The molecule has 4 N–H and O–H groups in total. The zero-order valence-corrected chi connectivity index (χ0v) is 4.55. The van der Waals surface area contributed by atoms with Gasteiger partial charge in [-0.2, -0.15) is 0 Å². The Balaban J connectivity index is 2.83. The van der Waals surface area contributed by atoms with Gasteiger partial charge in [-0.25, -0.2) is 0 Å². The Morgan fingerprint density at radius 3 is 2.57 bits per heavy atom. The van der Waals surface area contributed by atoms with Crippen molar-refractivity contribution in [2.45, 2.75) is 6.10 Å². The molecule has 44 valence electrons. The van der Waals surface area contributed by atoms with E-state index in [0.29, 0.717) is 13.2 Å². The fraction of sp³-hybridized carbons (Fsp3) is 1.00. The Labute approximate surface area is 43.1 Å². The SMILES string of the molecule is COC[C@@H](O)C[NH3+]. The second-order valence-electron chi connectivity index (χ2n) is 1.40. The molecule has 0 bridgehead atoms. The summed E-state index contributed by atoms with van der Waals surface area (Å²) in [5.74, 6) is 0. The van der Waals surface area contributed by atoms with Crippen LogP contribution in [0, 0.1) is 0 Å². The Morgan fingerprint density at radius 1 is 1.86 bits per heavy atom. The molecule has 0 aliphatic heterocycles. The molecule has 0 aromatic carbocycles. The largest absolute Gasteiger partial charge is 0.385 e. The summed E-state index contributed by atoms with van der Waals surface area (Å²) in [6.45, 7) is 0.914. The number of aliphatic hydroxyl groups is 1. The normalized spacial score (nSPS) is 14.1. The lowest BCUT2D eigenvalue weighted by atomic mass is 10.4. The molecule has 0 aliphatic carbocycles. The molecule has 0 fully saturated rings. The first-order valence-corrected chi connectivity index (χ1v) is 2.27. The molecule has 0 radical (unpaired) electrons. The lowest BCUT2D eigenvalue weighted by Gasteiger charge is -2.00. The fourth-order valence-corrected chi connectivity index (χ4v) is 0.276. The number of hydrogen-bond acceptors (Lipinski definition) is 2. The number of hydrogen-bond donors (Lipinski definition) is 2. The van der Waals surface area contributed by atoms with Crippen molar-refractivity contribution >= 4 is 0 Å². The van der Waals surface area contributed by atoms with Crippen molar-refractivity contribution < 1.29 is 15.6 Å². The van der Waals surface area contributed by atoms with E-state index >= 15 is 0 Å². The van der Waals surface area contributed by atoms with Crippen LogP contribution in [0.25, 0.3) is 0 Å². The van der Waals surface area contributed by atoms with Crippen LogP contribution in [0.15, 0.2) is 0 Å². The molecule has 3 heteroatoms. The van der Waals surface area contributed by atoms with Crippen LogP contribution in [0.3, 0.4) is 0 Å². The summed E-state index contributed by atoms with van der Waals surface area (Å²) in [4.78, 5) is 0. The van der Waals surface area contributed by atoms with Gasteiger partial charge in [0.2, 0.25) is 0 Å². The Hall–Kier alpha value is -0.120. The molecule has 7 heavy (non-hydrogen) atoms. The van der Waals surface area contributed by atoms with Crippen molar-refractivity contribution in [1.29, 1.82) is 0 Å². The number of ether oxygens (including phenoxy) is 1. The van der Waals surface area contributed by atoms with E-state index in [1.54, 1.807) is 7.11 Å². The van der Waals surface area contributed by atoms with Crippen LogP contribution >= 0.6 is 0 Å². The smallest absolute Gasteiger partial charge is 0.126 e. The summed E-state index contributed by atoms with van der Waals surface area (Å²) in [6.07, 6.45) is -0.384. The molecule has 0 aromatic heterocycles. The van der Waals surface area contributed by atoms with E-state index < -0.39 is 0 Å². The topological polar surface area (TPSA) is 57.1 Å². The molecule has 0 saturated heterocycles. The standard InChI is InChI=1S/C4H11NO2/c1-7-3-4(6)2-5/h4,6H,2-3,5H2,1H3/p+1/t4-/m0/s1. The number of methoxy groups -OCH3 is 1. The van der Waals surface area contributed by atoms with Crippen LogP contribution in [0.2, 0.25) is 0 Å². The number of aliphatic hydroxyl groups excluding tert-OH is 1. The maximum Gasteiger partial charge on any atom is 0.126 e. The quantitative estimate of drug-likeness (QED) is 0.447. The van der Waals surface area contributed by atoms with Crippen LogP contribution in [0.4, 0.5) is 0 Å². The second kappa shape index (κ2) is 4.05. The van der Waals surface area contributed by atoms with Gasteiger partial charge in [0.1, 0.15) is 12.6 Å². The summed E-state index contributed by atoms with van der Waals surface area (Å²) >= 11 is 0. The van der Waals surface area contributed by atoms with Gasteiger partial charge in [-0.3, -0.25) is 0 Å². The zero-order valence-electron chi connectivity index (χ0n) is 4.55. The van der Waals surface area contributed by atoms with Crippen molar-refractivity contribution in [1.82, 2.24) is 0 Å². The van der Waals surface area contributed by atoms with Gasteiger partial charge < -0.3 is 15.6 Å². The molecular weight excluding hydrogens is 94.0 g/mol. The van der Waals surface area contributed by atoms with Gasteiger partial charge in [-0.15, -0.1) is 0 Å². The van der Waals surface area contributed by atoms with Crippen LogP contribution in [0.5, 0.6) is 0 Å². The van der Waals surface area contributed by atoms with Crippen molar-refractivity contribution in [2.75, 3.05) is 20.3 Å². The predicted molar refractivity (Wildman–Crippen MR) is 25.6 cm³/mol. The monoisotopic (exact) mass is 106 g/mol. The molecule has 0 rings (SSSR count). The van der Waals surface area contributed by atoms with Gasteiger partial charge in [0, 0.05) is 7.11 Å². The zero-order chi connectivity index (χ0) is 5.70. The third-order valence-corrected chi connectivity index (χ3v) is 0.692. The van der Waals surface area contributed by atoms with Gasteiger partial charge in [-0.05, 0) is 0 Å². The summed E-state index contributed by atoms with van der Waals surface area (Å²) < 4.78 is 4.60. The Morgan fingerprint density at radius 2 is 2.43 bits per heavy atom. The Kier molecular flexibility index (Phi) is 3.98. The van der Waals surface area contributed by atoms with Gasteiger partial charge in [0.05, 0.1) is 6.61 Å². The van der Waals surface area contributed by atoms with Crippen LogP contribution in [0.1, 0.15) is 0 Å². The molecule has 0 unspecified atom stereocenters. The predicted octanol–water partition coefficient (Wildman–Crippen LogP) is -1.76. The molecule has 0 aromatic rings. The van der Waals surface area contributed by atoms with Gasteiger partial charge >= 0.3 is 0 Å². The molecule has 0 spiro atoms. The summed E-state index contributed by atoms with van der Waals surface area (Å²) in [5.41, 5.74) is 3.47. The first-order chi connectivity index (χ1) is 3.31. The van der Waals surface area contributed by atoms with Crippen LogP contribution < -0.4 is 5.73 Å². The van der Waals surface area contributed by atoms with E-state index in [-0.39, 0.29) is 6.10 Å². The minimum atomic E-state index is -0.384. The maximum atomic E-state index is 8.67. The third-order valence-electron chi connectivity index (χ3n) is 0.692. The first-order valence-electron chi connectivity index (χ1n) is 2.27. The molecule has 3 nitrogen and oxygen atoms in total. The summed E-state index contributed by atoms with van der Waals surface area (Å²) in [5, 5.41) is 8.67. The van der Waals surface area contributed by atoms with E-state index in [1.807, 2.05) is 0 Å². The molecule has 1 atom stereocenters. The minimum absolute atomic E-state index is 0.384. The fourth-order valence-electron chi connectivity index (χ4n) is 0.276. The van der Waals surface area contributed by atoms with E-state index in [4.69, 9.17) is 5.11 Å². The first kappa shape index (κ1) is 6.88. The molecule has 0 aliphatic rings. The summed E-state index contributed by atoms with van der Waals surface area (Å²) in [6, 6.07) is 0. The highest BCUT2D eigenvalue weighted by atomic mass is 16.5. The maximum absolute atomic E-state index is 8.67. The average molecular weight is 106 g/mol. The highest BCUT2D eigenvalue weighted by molar-refractivity contribution is 4.44. The number of quaternary nitrogens is 1. The lowest BCUT2D eigenvalue weighted by molar-refractivity contribution is -0.385. The lowest BCUT2D eigenvalue weighted by Crippen LogP contribution is -2.56. The van der Waals surface area contributed by atoms with E-state index in [9.17, 15) is 0 Å². The van der Waals surface area contributed by atoms with Crippen molar-refractivity contribution in [3.8, 4) is 0 Å².